The summed E-state index contributed by atoms with van der Waals surface area (Å²) in [6.07, 6.45) is 1.56. The van der Waals surface area contributed by atoms with Gasteiger partial charge in [0.2, 0.25) is 0 Å². The number of H-pyrrole nitrogens is 1. The van der Waals surface area contributed by atoms with E-state index in [4.69, 9.17) is 0 Å². The van der Waals surface area contributed by atoms with Crippen LogP contribution in [0.5, 0.6) is 0 Å². The normalized spacial score (nSPS) is 11.8. The van der Waals surface area contributed by atoms with Gasteiger partial charge in [-0.05, 0) is 32.0 Å². The molecule has 0 bridgehead atoms. The second kappa shape index (κ2) is 5.88. The third-order valence-electron chi connectivity index (χ3n) is 4.24. The van der Waals surface area contributed by atoms with Crippen molar-refractivity contribution in [2.75, 3.05) is 19.6 Å². The number of aromatic nitrogens is 3. The van der Waals surface area contributed by atoms with Gasteiger partial charge in [-0.3, -0.25) is 9.36 Å². The molecular formula is C16H20FN4O+. The van der Waals surface area contributed by atoms with Crippen LogP contribution in [0.3, 0.4) is 0 Å². The number of rotatable bonds is 5. The van der Waals surface area contributed by atoms with Crippen LogP contribution in [-0.2, 0) is 6.54 Å². The van der Waals surface area contributed by atoms with Crippen molar-refractivity contribution in [3.8, 4) is 0 Å². The van der Waals surface area contributed by atoms with Crippen molar-refractivity contribution in [2.45, 2.75) is 20.4 Å². The summed E-state index contributed by atoms with van der Waals surface area (Å²) in [4.78, 5) is 21.4. The molecule has 0 unspecified atom stereocenters. The van der Waals surface area contributed by atoms with Crippen LogP contribution in [-0.4, -0.2) is 34.2 Å². The second-order valence-corrected chi connectivity index (χ2v) is 5.49. The van der Waals surface area contributed by atoms with Gasteiger partial charge in [-0.2, -0.15) is 0 Å². The predicted octanol–water partition coefficient (Wildman–Crippen LogP) is 0.942. The van der Waals surface area contributed by atoms with Gasteiger partial charge in [0.25, 0.3) is 5.56 Å². The first-order valence-corrected chi connectivity index (χ1v) is 7.64. The lowest BCUT2D eigenvalue weighted by Gasteiger charge is -2.15. The number of nitrogens with one attached hydrogen (secondary N) is 2. The molecule has 0 aliphatic heterocycles. The zero-order valence-electron chi connectivity index (χ0n) is 12.8. The van der Waals surface area contributed by atoms with Gasteiger partial charge in [0, 0.05) is 10.9 Å². The number of likely N-dealkylation sites (N-methyl/N-ethyl adjacent to an activating group) is 1. The van der Waals surface area contributed by atoms with Crippen molar-refractivity contribution in [3.05, 3.63) is 40.7 Å². The zero-order valence-corrected chi connectivity index (χ0v) is 12.8. The molecule has 0 spiro atoms. The highest BCUT2D eigenvalue weighted by atomic mass is 19.1. The van der Waals surface area contributed by atoms with E-state index in [1.807, 2.05) is 0 Å². The number of hydrogen-bond donors (Lipinski definition) is 2. The van der Waals surface area contributed by atoms with E-state index < -0.39 is 0 Å². The molecule has 0 amide bonds. The summed E-state index contributed by atoms with van der Waals surface area (Å²) in [6, 6.07) is 4.42. The Labute approximate surface area is 127 Å². The number of halogens is 1. The van der Waals surface area contributed by atoms with Gasteiger partial charge in [-0.25, -0.2) is 9.37 Å². The molecule has 0 fully saturated rings. The summed E-state index contributed by atoms with van der Waals surface area (Å²) in [5, 5.41) is 0.647. The van der Waals surface area contributed by atoms with Crippen LogP contribution >= 0.6 is 0 Å². The third kappa shape index (κ3) is 2.50. The van der Waals surface area contributed by atoms with E-state index in [0.29, 0.717) is 23.0 Å². The molecule has 0 saturated heterocycles. The van der Waals surface area contributed by atoms with Crippen molar-refractivity contribution in [1.29, 1.82) is 0 Å². The average molecular weight is 303 g/mol. The van der Waals surface area contributed by atoms with Crippen molar-refractivity contribution in [1.82, 2.24) is 14.5 Å². The number of aromatic amines is 1. The molecule has 2 heterocycles. The number of fused-ring (bicyclic) bond motifs is 3. The SMILES string of the molecule is CC[NH+](CC)CCn1cnc2c([nH]c3ccc(F)cc32)c1=O. The maximum atomic E-state index is 13.4. The largest absolute Gasteiger partial charge is 0.349 e. The highest BCUT2D eigenvalue weighted by Crippen LogP contribution is 2.21. The fraction of sp³-hybridized carbons (Fsp3) is 0.375. The van der Waals surface area contributed by atoms with Crippen molar-refractivity contribution in [3.63, 3.8) is 0 Å². The second-order valence-electron chi connectivity index (χ2n) is 5.49. The van der Waals surface area contributed by atoms with Gasteiger partial charge in [0.15, 0.2) is 0 Å². The Kier molecular flexibility index (Phi) is 3.94. The van der Waals surface area contributed by atoms with E-state index >= 15 is 0 Å². The number of benzene rings is 1. The molecule has 5 nitrogen and oxygen atoms in total. The molecule has 1 aromatic carbocycles. The maximum absolute atomic E-state index is 13.4. The van der Waals surface area contributed by atoms with Crippen molar-refractivity contribution < 1.29 is 9.29 Å². The smallest absolute Gasteiger partial charge is 0.277 e. The number of quaternary nitrogens is 1. The third-order valence-corrected chi connectivity index (χ3v) is 4.24. The van der Waals surface area contributed by atoms with E-state index in [1.54, 1.807) is 17.0 Å². The lowest BCUT2D eigenvalue weighted by molar-refractivity contribution is -0.897. The van der Waals surface area contributed by atoms with E-state index in [-0.39, 0.29) is 11.4 Å². The fourth-order valence-corrected chi connectivity index (χ4v) is 2.80. The van der Waals surface area contributed by atoms with Gasteiger partial charge in [0.1, 0.15) is 16.9 Å². The molecule has 0 radical (unpaired) electrons. The topological polar surface area (TPSA) is 55.1 Å². The molecule has 3 aromatic rings. The Balaban J connectivity index is 2.02. The van der Waals surface area contributed by atoms with E-state index in [9.17, 15) is 9.18 Å². The summed E-state index contributed by atoms with van der Waals surface area (Å²) in [5.41, 5.74) is 1.60. The average Bonchev–Trinajstić information content (AvgIpc) is 2.89. The first-order valence-electron chi connectivity index (χ1n) is 7.64. The Morgan fingerprint density at radius 1 is 1.32 bits per heavy atom. The van der Waals surface area contributed by atoms with E-state index in [1.165, 1.54) is 17.0 Å². The summed E-state index contributed by atoms with van der Waals surface area (Å²) >= 11 is 0. The van der Waals surface area contributed by atoms with Crippen LogP contribution < -0.4 is 10.5 Å². The summed E-state index contributed by atoms with van der Waals surface area (Å²) in [5.74, 6) is -0.329. The van der Waals surface area contributed by atoms with E-state index in [2.05, 4.69) is 23.8 Å². The minimum absolute atomic E-state index is 0.104. The van der Waals surface area contributed by atoms with E-state index in [0.717, 1.165) is 25.2 Å². The first kappa shape index (κ1) is 14.7. The molecule has 6 heteroatoms. The zero-order chi connectivity index (χ0) is 15.7. The highest BCUT2D eigenvalue weighted by molar-refractivity contribution is 6.04. The lowest BCUT2D eigenvalue weighted by atomic mass is 10.2. The number of hydrogen-bond acceptors (Lipinski definition) is 2. The molecule has 0 saturated carbocycles. The molecule has 0 aliphatic carbocycles. The molecule has 0 aliphatic rings. The van der Waals surface area contributed by atoms with Crippen LogP contribution in [0.15, 0.2) is 29.3 Å². The minimum atomic E-state index is -0.329. The Morgan fingerprint density at radius 2 is 2.09 bits per heavy atom. The van der Waals surface area contributed by atoms with Crippen molar-refractivity contribution >= 4 is 21.9 Å². The monoisotopic (exact) mass is 303 g/mol. The molecule has 116 valence electrons. The summed E-state index contributed by atoms with van der Waals surface area (Å²) < 4.78 is 15.0. The quantitative estimate of drug-likeness (QED) is 0.737. The van der Waals surface area contributed by atoms with Crippen LogP contribution in [0, 0.1) is 5.82 Å². The van der Waals surface area contributed by atoms with Gasteiger partial charge < -0.3 is 9.88 Å². The predicted molar refractivity (Wildman–Crippen MR) is 84.7 cm³/mol. The molecular weight excluding hydrogens is 283 g/mol. The maximum Gasteiger partial charge on any atom is 0.277 e. The van der Waals surface area contributed by atoms with Crippen LogP contribution in [0.25, 0.3) is 21.9 Å². The summed E-state index contributed by atoms with van der Waals surface area (Å²) in [6.45, 7) is 7.85. The molecule has 0 atom stereocenters. The van der Waals surface area contributed by atoms with Crippen LogP contribution in [0.2, 0.25) is 0 Å². The van der Waals surface area contributed by atoms with Gasteiger partial charge >= 0.3 is 0 Å². The molecule has 2 aromatic heterocycles. The van der Waals surface area contributed by atoms with Gasteiger partial charge in [-0.1, -0.05) is 0 Å². The number of nitrogens with zero attached hydrogens (tertiary/aromatic N) is 2. The van der Waals surface area contributed by atoms with Crippen LogP contribution in [0.1, 0.15) is 13.8 Å². The fourth-order valence-electron chi connectivity index (χ4n) is 2.80. The Hall–Kier alpha value is -2.21. The standard InChI is InChI=1S/C16H19FN4O/c1-3-20(4-2)7-8-21-10-18-14-12-9-11(17)5-6-13(12)19-15(14)16(21)22/h5-6,9-10,19H,3-4,7-8H2,1-2H3/p+1. The van der Waals surface area contributed by atoms with Gasteiger partial charge in [-0.15, -0.1) is 0 Å². The molecule has 2 N–H and O–H groups in total. The van der Waals surface area contributed by atoms with Crippen molar-refractivity contribution in [2.24, 2.45) is 0 Å². The lowest BCUT2D eigenvalue weighted by Crippen LogP contribution is -3.11. The first-order chi connectivity index (χ1) is 10.6. The van der Waals surface area contributed by atoms with Crippen LogP contribution in [0.4, 0.5) is 4.39 Å². The minimum Gasteiger partial charge on any atom is -0.349 e. The Morgan fingerprint density at radius 3 is 2.82 bits per heavy atom. The highest BCUT2D eigenvalue weighted by Gasteiger charge is 2.12. The summed E-state index contributed by atoms with van der Waals surface area (Å²) in [7, 11) is 0. The molecule has 3 rings (SSSR count). The van der Waals surface area contributed by atoms with Gasteiger partial charge in [0.05, 0.1) is 32.5 Å². The Bertz CT molecular complexity index is 864. The molecule has 22 heavy (non-hydrogen) atoms.